The van der Waals surface area contributed by atoms with Crippen molar-refractivity contribution >= 4 is 22.4 Å². The summed E-state index contributed by atoms with van der Waals surface area (Å²) in [6, 6.07) is 3.86. The van der Waals surface area contributed by atoms with Crippen molar-refractivity contribution in [2.24, 2.45) is 7.05 Å². The minimum atomic E-state index is -0.201. The molecular formula is C18H19N5O2. The number of nitrogens with one attached hydrogen (secondary N) is 1. The quantitative estimate of drug-likeness (QED) is 0.591. The van der Waals surface area contributed by atoms with E-state index in [0.29, 0.717) is 23.4 Å². The van der Waals surface area contributed by atoms with Crippen LogP contribution in [-0.4, -0.2) is 57.7 Å². The van der Waals surface area contributed by atoms with Crippen LogP contribution in [-0.2, 0) is 7.05 Å². The monoisotopic (exact) mass is 337 g/mol. The van der Waals surface area contributed by atoms with Gasteiger partial charge in [0, 0.05) is 43.0 Å². The van der Waals surface area contributed by atoms with Crippen LogP contribution in [0.15, 0.2) is 24.5 Å². The lowest BCUT2D eigenvalue weighted by Crippen LogP contribution is -2.22. The molecule has 0 spiro atoms. The number of aryl methyl sites for hydroxylation is 1. The van der Waals surface area contributed by atoms with Gasteiger partial charge in [0.2, 0.25) is 0 Å². The van der Waals surface area contributed by atoms with Crippen LogP contribution in [0.25, 0.3) is 22.2 Å². The number of carbonyl (C=O) groups is 1. The molecule has 7 heteroatoms. The first-order valence-electron chi connectivity index (χ1n) is 8.09. The van der Waals surface area contributed by atoms with Gasteiger partial charge in [0.25, 0.3) is 0 Å². The lowest BCUT2D eigenvalue weighted by atomic mass is 9.87. The Morgan fingerprint density at radius 2 is 2.04 bits per heavy atom. The maximum Gasteiger partial charge on any atom is 0.200 e. The van der Waals surface area contributed by atoms with Crippen molar-refractivity contribution in [1.29, 1.82) is 0 Å². The maximum absolute atomic E-state index is 13.2. The summed E-state index contributed by atoms with van der Waals surface area (Å²) in [6.45, 7) is 1.56. The number of nitrogens with zero attached hydrogens (tertiary/aromatic N) is 4. The van der Waals surface area contributed by atoms with E-state index >= 15 is 0 Å². The number of ketones is 1. The van der Waals surface area contributed by atoms with Crippen molar-refractivity contribution in [3.63, 3.8) is 0 Å². The normalized spacial score (nSPS) is 12.7. The molecule has 4 rings (SSSR count). The number of aromatic nitrogens is 3. The number of benzene rings is 1. The summed E-state index contributed by atoms with van der Waals surface area (Å²) in [7, 11) is 5.85. The molecule has 3 aromatic rings. The van der Waals surface area contributed by atoms with Crippen molar-refractivity contribution in [3.05, 3.63) is 35.7 Å². The van der Waals surface area contributed by atoms with Crippen LogP contribution in [0.4, 0.5) is 5.69 Å². The lowest BCUT2D eigenvalue weighted by Gasteiger charge is -2.19. The average molecular weight is 337 g/mol. The second-order valence-electron chi connectivity index (χ2n) is 6.49. The number of fused-ring (bicyclic) bond motifs is 2. The summed E-state index contributed by atoms with van der Waals surface area (Å²) in [6.07, 6.45) is 2.88. The van der Waals surface area contributed by atoms with Gasteiger partial charge in [0.1, 0.15) is 11.4 Å². The van der Waals surface area contributed by atoms with Crippen LogP contribution in [0.5, 0.6) is 5.75 Å². The first-order chi connectivity index (χ1) is 12.0. The lowest BCUT2D eigenvalue weighted by molar-refractivity contribution is 0.103. The molecular weight excluding hydrogens is 318 g/mol. The highest BCUT2D eigenvalue weighted by Gasteiger charge is 2.33. The van der Waals surface area contributed by atoms with Gasteiger partial charge in [0.15, 0.2) is 5.78 Å². The molecule has 2 N–H and O–H groups in total. The highest BCUT2D eigenvalue weighted by molar-refractivity contribution is 6.28. The number of aromatic hydroxyl groups is 1. The first-order valence-corrected chi connectivity index (χ1v) is 8.09. The van der Waals surface area contributed by atoms with E-state index in [1.54, 1.807) is 10.9 Å². The second-order valence-corrected chi connectivity index (χ2v) is 6.49. The molecule has 0 aliphatic heterocycles. The van der Waals surface area contributed by atoms with E-state index in [0.717, 1.165) is 23.1 Å². The smallest absolute Gasteiger partial charge is 0.200 e. The molecule has 1 aromatic carbocycles. The Morgan fingerprint density at radius 3 is 2.80 bits per heavy atom. The van der Waals surface area contributed by atoms with E-state index in [1.165, 1.54) is 6.20 Å². The Hall–Kier alpha value is -2.93. The van der Waals surface area contributed by atoms with Gasteiger partial charge in [-0.2, -0.15) is 5.10 Å². The molecule has 0 fully saturated rings. The van der Waals surface area contributed by atoms with Gasteiger partial charge in [-0.15, -0.1) is 0 Å². The summed E-state index contributed by atoms with van der Waals surface area (Å²) in [5.74, 6) is -0.316. The largest absolute Gasteiger partial charge is 0.506 e. The van der Waals surface area contributed by atoms with Crippen LogP contribution >= 0.6 is 0 Å². The zero-order chi connectivity index (χ0) is 17.7. The Kier molecular flexibility index (Phi) is 3.47. The number of anilines is 1. The van der Waals surface area contributed by atoms with Gasteiger partial charge < -0.3 is 15.3 Å². The van der Waals surface area contributed by atoms with E-state index in [9.17, 15) is 9.90 Å². The molecule has 0 unspecified atom stereocenters. The molecule has 0 radical (unpaired) electrons. The molecule has 0 atom stereocenters. The fourth-order valence-corrected chi connectivity index (χ4v) is 3.33. The van der Waals surface area contributed by atoms with Crippen molar-refractivity contribution in [3.8, 4) is 17.0 Å². The third-order valence-electron chi connectivity index (χ3n) is 4.53. The molecule has 2 heterocycles. The number of rotatable bonds is 4. The average Bonchev–Trinajstić information content (AvgIpc) is 2.90. The number of likely N-dealkylation sites (N-methyl/N-ethyl adjacent to an activating group) is 1. The summed E-state index contributed by atoms with van der Waals surface area (Å²) in [5.41, 5.74) is 3.73. The standard InChI is InChI=1S/C18H19N5O2/c1-22(2)7-6-20-11-4-5-12-16-15(11)18(25)14-10(8-19-9-13(14)24)17(16)21-23(12)3/h4-5,8-9,20,24H,6-7H2,1-3H3. The third kappa shape index (κ3) is 2.27. The third-order valence-corrected chi connectivity index (χ3v) is 4.53. The number of hydrogen-bond acceptors (Lipinski definition) is 6. The Balaban J connectivity index is 1.95. The summed E-state index contributed by atoms with van der Waals surface area (Å²) in [4.78, 5) is 19.3. The van der Waals surface area contributed by atoms with Gasteiger partial charge in [-0.25, -0.2) is 0 Å². The number of carbonyl (C=O) groups excluding carboxylic acids is 1. The van der Waals surface area contributed by atoms with E-state index in [-0.39, 0.29) is 17.1 Å². The van der Waals surface area contributed by atoms with Crippen molar-refractivity contribution in [2.75, 3.05) is 32.5 Å². The van der Waals surface area contributed by atoms with Crippen LogP contribution in [0.2, 0.25) is 0 Å². The number of pyridine rings is 1. The van der Waals surface area contributed by atoms with E-state index < -0.39 is 0 Å². The van der Waals surface area contributed by atoms with Crippen molar-refractivity contribution < 1.29 is 9.90 Å². The first kappa shape index (κ1) is 15.6. The minimum absolute atomic E-state index is 0.116. The molecule has 25 heavy (non-hydrogen) atoms. The maximum atomic E-state index is 13.2. The van der Waals surface area contributed by atoms with Crippen molar-refractivity contribution in [2.45, 2.75) is 0 Å². The molecule has 7 nitrogen and oxygen atoms in total. The van der Waals surface area contributed by atoms with E-state index in [2.05, 4.69) is 20.3 Å². The van der Waals surface area contributed by atoms with Gasteiger partial charge in [-0.1, -0.05) is 0 Å². The van der Waals surface area contributed by atoms with Gasteiger partial charge in [-0.3, -0.25) is 14.5 Å². The van der Waals surface area contributed by atoms with E-state index in [4.69, 9.17) is 0 Å². The Labute approximate surface area is 144 Å². The van der Waals surface area contributed by atoms with Gasteiger partial charge in [-0.05, 0) is 26.2 Å². The summed E-state index contributed by atoms with van der Waals surface area (Å²) >= 11 is 0. The second kappa shape index (κ2) is 5.56. The fourth-order valence-electron chi connectivity index (χ4n) is 3.33. The minimum Gasteiger partial charge on any atom is -0.506 e. The molecule has 1 aliphatic rings. The molecule has 1 aliphatic carbocycles. The molecule has 2 aromatic heterocycles. The van der Waals surface area contributed by atoms with Crippen LogP contribution < -0.4 is 5.32 Å². The predicted octanol–water partition coefficient (Wildman–Crippen LogP) is 1.86. The van der Waals surface area contributed by atoms with Crippen molar-refractivity contribution in [1.82, 2.24) is 19.7 Å². The Bertz CT molecular complexity index is 1010. The number of hydrogen-bond donors (Lipinski definition) is 2. The zero-order valence-electron chi connectivity index (χ0n) is 14.4. The molecule has 0 saturated carbocycles. The highest BCUT2D eigenvalue weighted by atomic mass is 16.3. The van der Waals surface area contributed by atoms with E-state index in [1.807, 2.05) is 33.3 Å². The highest BCUT2D eigenvalue weighted by Crippen LogP contribution is 2.43. The summed E-state index contributed by atoms with van der Waals surface area (Å²) < 4.78 is 1.75. The Morgan fingerprint density at radius 1 is 1.24 bits per heavy atom. The molecule has 0 saturated heterocycles. The zero-order valence-corrected chi connectivity index (χ0v) is 14.4. The van der Waals surface area contributed by atoms with Crippen LogP contribution in [0, 0.1) is 0 Å². The topological polar surface area (TPSA) is 83.3 Å². The fraction of sp³-hybridized carbons (Fsp3) is 0.278. The SMILES string of the molecule is CN(C)CCNc1ccc2c3c(nn2C)-c2cncc(O)c2C(=O)c13. The summed E-state index contributed by atoms with van der Waals surface area (Å²) in [5, 5.41) is 18.9. The van der Waals surface area contributed by atoms with Crippen LogP contribution in [0.1, 0.15) is 15.9 Å². The molecule has 0 amide bonds. The predicted molar refractivity (Wildman–Crippen MR) is 96.1 cm³/mol. The van der Waals surface area contributed by atoms with Gasteiger partial charge >= 0.3 is 0 Å². The molecule has 0 bridgehead atoms. The van der Waals surface area contributed by atoms with Gasteiger partial charge in [0.05, 0.1) is 22.8 Å². The van der Waals surface area contributed by atoms with Crippen LogP contribution in [0.3, 0.4) is 0 Å². The molecule has 128 valence electrons.